The maximum atomic E-state index is 8.99. The van der Waals surface area contributed by atoms with Crippen molar-refractivity contribution in [3.63, 3.8) is 0 Å². The Hall–Kier alpha value is -0.860. The number of rotatable bonds is 4. The molecule has 15 heavy (non-hydrogen) atoms. The van der Waals surface area contributed by atoms with E-state index in [1.807, 2.05) is 0 Å². The van der Waals surface area contributed by atoms with Crippen LogP contribution in [0.1, 0.15) is 24.0 Å². The SMILES string of the molecule is OCCc1ccccc1C[C@@H]1CCCN1. The number of benzene rings is 1. The highest BCUT2D eigenvalue weighted by molar-refractivity contribution is 5.28. The van der Waals surface area contributed by atoms with Crippen molar-refractivity contribution in [3.05, 3.63) is 35.4 Å². The minimum absolute atomic E-state index is 0.245. The van der Waals surface area contributed by atoms with Gasteiger partial charge in [-0.05, 0) is 43.4 Å². The molecule has 0 spiro atoms. The summed E-state index contributed by atoms with van der Waals surface area (Å²) in [6, 6.07) is 9.09. The lowest BCUT2D eigenvalue weighted by atomic mass is 9.98. The third-order valence-electron chi connectivity index (χ3n) is 3.13. The first kappa shape index (κ1) is 10.7. The molecule has 2 rings (SSSR count). The summed E-state index contributed by atoms with van der Waals surface area (Å²) in [5.74, 6) is 0. The number of aliphatic hydroxyl groups is 1. The molecule has 1 heterocycles. The van der Waals surface area contributed by atoms with Gasteiger partial charge in [0, 0.05) is 12.6 Å². The third kappa shape index (κ3) is 2.80. The first-order chi connectivity index (χ1) is 7.40. The summed E-state index contributed by atoms with van der Waals surface area (Å²) < 4.78 is 0. The Kier molecular flexibility index (Phi) is 3.75. The molecular formula is C13H19NO. The van der Waals surface area contributed by atoms with Gasteiger partial charge in [-0.15, -0.1) is 0 Å². The maximum Gasteiger partial charge on any atom is 0.0471 e. The largest absolute Gasteiger partial charge is 0.396 e. The van der Waals surface area contributed by atoms with E-state index in [9.17, 15) is 0 Å². The molecule has 1 saturated heterocycles. The van der Waals surface area contributed by atoms with E-state index >= 15 is 0 Å². The van der Waals surface area contributed by atoms with Crippen LogP contribution in [0.4, 0.5) is 0 Å². The Morgan fingerprint density at radius 2 is 2.07 bits per heavy atom. The monoisotopic (exact) mass is 205 g/mol. The zero-order chi connectivity index (χ0) is 10.5. The molecule has 82 valence electrons. The van der Waals surface area contributed by atoms with E-state index in [-0.39, 0.29) is 6.61 Å². The summed E-state index contributed by atoms with van der Waals surface area (Å²) in [6.45, 7) is 1.40. The van der Waals surface area contributed by atoms with Crippen LogP contribution in [-0.4, -0.2) is 24.3 Å². The Bertz CT molecular complexity index is 305. The number of hydrogen-bond donors (Lipinski definition) is 2. The topological polar surface area (TPSA) is 32.3 Å². The van der Waals surface area contributed by atoms with Crippen LogP contribution in [0.25, 0.3) is 0 Å². The van der Waals surface area contributed by atoms with Crippen LogP contribution in [-0.2, 0) is 12.8 Å². The van der Waals surface area contributed by atoms with Gasteiger partial charge in [0.05, 0.1) is 0 Å². The normalized spacial score (nSPS) is 20.7. The van der Waals surface area contributed by atoms with E-state index in [2.05, 4.69) is 29.6 Å². The molecule has 0 aliphatic carbocycles. The highest BCUT2D eigenvalue weighted by Crippen LogP contribution is 2.16. The molecule has 1 aliphatic heterocycles. The summed E-state index contributed by atoms with van der Waals surface area (Å²) in [5.41, 5.74) is 2.69. The summed E-state index contributed by atoms with van der Waals surface area (Å²) in [5, 5.41) is 12.5. The summed E-state index contributed by atoms with van der Waals surface area (Å²) in [4.78, 5) is 0. The first-order valence-electron chi connectivity index (χ1n) is 5.81. The fraction of sp³-hybridized carbons (Fsp3) is 0.538. The van der Waals surface area contributed by atoms with E-state index in [4.69, 9.17) is 5.11 Å². The van der Waals surface area contributed by atoms with E-state index in [1.54, 1.807) is 0 Å². The second kappa shape index (κ2) is 5.29. The van der Waals surface area contributed by atoms with Crippen molar-refractivity contribution in [1.82, 2.24) is 5.32 Å². The number of hydrogen-bond acceptors (Lipinski definition) is 2. The summed E-state index contributed by atoms with van der Waals surface area (Å²) in [7, 11) is 0. The van der Waals surface area contributed by atoms with E-state index in [0.717, 1.165) is 19.4 Å². The van der Waals surface area contributed by atoms with Gasteiger partial charge in [-0.2, -0.15) is 0 Å². The van der Waals surface area contributed by atoms with Crippen LogP contribution in [0.2, 0.25) is 0 Å². The minimum atomic E-state index is 0.245. The smallest absolute Gasteiger partial charge is 0.0471 e. The number of aliphatic hydroxyl groups excluding tert-OH is 1. The van der Waals surface area contributed by atoms with Crippen LogP contribution in [0.3, 0.4) is 0 Å². The molecule has 2 N–H and O–H groups in total. The van der Waals surface area contributed by atoms with E-state index < -0.39 is 0 Å². The molecule has 0 radical (unpaired) electrons. The van der Waals surface area contributed by atoms with Gasteiger partial charge in [0.2, 0.25) is 0 Å². The minimum Gasteiger partial charge on any atom is -0.396 e. The lowest BCUT2D eigenvalue weighted by Crippen LogP contribution is -2.24. The zero-order valence-corrected chi connectivity index (χ0v) is 9.08. The molecule has 1 fully saturated rings. The summed E-state index contributed by atoms with van der Waals surface area (Å²) in [6.07, 6.45) is 4.47. The van der Waals surface area contributed by atoms with E-state index in [0.29, 0.717) is 6.04 Å². The molecule has 1 atom stereocenters. The van der Waals surface area contributed by atoms with Crippen molar-refractivity contribution in [2.75, 3.05) is 13.2 Å². The standard InChI is InChI=1S/C13H19NO/c15-9-7-11-4-1-2-5-12(11)10-13-6-3-8-14-13/h1-2,4-5,13-15H,3,6-10H2/t13-/m0/s1. The van der Waals surface area contributed by atoms with Crippen molar-refractivity contribution in [2.24, 2.45) is 0 Å². The van der Waals surface area contributed by atoms with Crippen molar-refractivity contribution < 1.29 is 5.11 Å². The average molecular weight is 205 g/mol. The Morgan fingerprint density at radius 1 is 1.27 bits per heavy atom. The fourth-order valence-corrected chi connectivity index (χ4v) is 2.32. The molecule has 2 heteroatoms. The molecule has 1 aliphatic rings. The van der Waals surface area contributed by atoms with Crippen LogP contribution < -0.4 is 5.32 Å². The van der Waals surface area contributed by atoms with Crippen molar-refractivity contribution in [3.8, 4) is 0 Å². The molecule has 0 unspecified atom stereocenters. The number of nitrogens with one attached hydrogen (secondary N) is 1. The molecule has 0 amide bonds. The highest BCUT2D eigenvalue weighted by Gasteiger charge is 2.15. The van der Waals surface area contributed by atoms with Gasteiger partial charge in [-0.3, -0.25) is 0 Å². The lowest BCUT2D eigenvalue weighted by molar-refractivity contribution is 0.299. The van der Waals surface area contributed by atoms with Crippen LogP contribution >= 0.6 is 0 Å². The zero-order valence-electron chi connectivity index (χ0n) is 9.08. The highest BCUT2D eigenvalue weighted by atomic mass is 16.2. The maximum absolute atomic E-state index is 8.99. The molecule has 0 bridgehead atoms. The van der Waals surface area contributed by atoms with Gasteiger partial charge in [0.15, 0.2) is 0 Å². The van der Waals surface area contributed by atoms with Crippen molar-refractivity contribution in [1.29, 1.82) is 0 Å². The van der Waals surface area contributed by atoms with Gasteiger partial charge in [0.25, 0.3) is 0 Å². The summed E-state index contributed by atoms with van der Waals surface area (Å²) >= 11 is 0. The van der Waals surface area contributed by atoms with Crippen molar-refractivity contribution >= 4 is 0 Å². The molecule has 0 saturated carbocycles. The van der Waals surface area contributed by atoms with Crippen LogP contribution in [0.5, 0.6) is 0 Å². The van der Waals surface area contributed by atoms with Crippen LogP contribution in [0, 0.1) is 0 Å². The molecular weight excluding hydrogens is 186 g/mol. The molecule has 1 aromatic carbocycles. The molecule has 0 aromatic heterocycles. The molecule has 1 aromatic rings. The van der Waals surface area contributed by atoms with Gasteiger partial charge >= 0.3 is 0 Å². The second-order valence-electron chi connectivity index (χ2n) is 4.24. The Balaban J connectivity index is 2.05. The predicted molar refractivity (Wildman–Crippen MR) is 62.0 cm³/mol. The van der Waals surface area contributed by atoms with Gasteiger partial charge in [-0.25, -0.2) is 0 Å². The third-order valence-corrected chi connectivity index (χ3v) is 3.13. The quantitative estimate of drug-likeness (QED) is 0.781. The van der Waals surface area contributed by atoms with Crippen LogP contribution in [0.15, 0.2) is 24.3 Å². The average Bonchev–Trinajstić information content (AvgIpc) is 2.74. The van der Waals surface area contributed by atoms with Gasteiger partial charge < -0.3 is 10.4 Å². The fourth-order valence-electron chi connectivity index (χ4n) is 2.32. The Labute approximate surface area is 91.3 Å². The van der Waals surface area contributed by atoms with E-state index in [1.165, 1.54) is 24.0 Å². The van der Waals surface area contributed by atoms with Gasteiger partial charge in [-0.1, -0.05) is 24.3 Å². The molecule has 2 nitrogen and oxygen atoms in total. The van der Waals surface area contributed by atoms with Gasteiger partial charge in [0.1, 0.15) is 0 Å². The predicted octanol–water partition coefficient (Wildman–Crippen LogP) is 1.52. The lowest BCUT2D eigenvalue weighted by Gasteiger charge is -2.13. The van der Waals surface area contributed by atoms with Crippen molar-refractivity contribution in [2.45, 2.75) is 31.7 Å². The second-order valence-corrected chi connectivity index (χ2v) is 4.24. The Morgan fingerprint density at radius 3 is 2.73 bits per heavy atom. The first-order valence-corrected chi connectivity index (χ1v) is 5.81.